The van der Waals surface area contributed by atoms with E-state index in [-0.39, 0.29) is 0 Å². The average molecular weight is 202 g/mol. The lowest BCUT2D eigenvalue weighted by Crippen LogP contribution is -2.00. The van der Waals surface area contributed by atoms with Crippen LogP contribution in [0.5, 0.6) is 5.75 Å². The second kappa shape index (κ2) is 5.81. The van der Waals surface area contributed by atoms with E-state index in [9.17, 15) is 4.79 Å². The maximum atomic E-state index is 10.8. The summed E-state index contributed by atoms with van der Waals surface area (Å²) in [4.78, 5) is 10.8. The number of hydrogen-bond acceptors (Lipinski definition) is 2. The molecule has 0 radical (unpaired) electrons. The van der Waals surface area contributed by atoms with E-state index in [2.05, 4.69) is 13.2 Å². The van der Waals surface area contributed by atoms with Crippen molar-refractivity contribution in [3.05, 3.63) is 54.6 Å². The summed E-state index contributed by atoms with van der Waals surface area (Å²) in [5, 5.41) is 0. The van der Waals surface area contributed by atoms with Crippen molar-refractivity contribution in [3.8, 4) is 5.75 Å². The fourth-order valence-corrected chi connectivity index (χ4v) is 1.34. The third-order valence-corrected chi connectivity index (χ3v) is 2.00. The molecular formula is C13H14O2. The summed E-state index contributed by atoms with van der Waals surface area (Å²) in [5.74, 6) is 0.722. The Morgan fingerprint density at radius 3 is 2.67 bits per heavy atom. The van der Waals surface area contributed by atoms with Crippen LogP contribution in [0.25, 0.3) is 0 Å². The number of aldehydes is 1. The molecule has 0 aliphatic carbocycles. The van der Waals surface area contributed by atoms with E-state index in [0.717, 1.165) is 17.6 Å². The van der Waals surface area contributed by atoms with Gasteiger partial charge in [0.2, 0.25) is 0 Å². The van der Waals surface area contributed by atoms with Crippen LogP contribution in [0.4, 0.5) is 0 Å². The molecule has 1 aromatic rings. The number of benzene rings is 1. The zero-order chi connectivity index (χ0) is 11.1. The van der Waals surface area contributed by atoms with E-state index in [1.165, 1.54) is 0 Å². The molecule has 78 valence electrons. The van der Waals surface area contributed by atoms with Gasteiger partial charge >= 0.3 is 0 Å². The number of allylic oxidation sites excluding steroid dienone is 1. The van der Waals surface area contributed by atoms with Gasteiger partial charge in [-0.25, -0.2) is 0 Å². The molecule has 0 aliphatic rings. The van der Waals surface area contributed by atoms with Gasteiger partial charge in [-0.05, 0) is 12.5 Å². The Bertz CT molecular complexity index is 367. The zero-order valence-corrected chi connectivity index (χ0v) is 8.61. The molecule has 1 aromatic carbocycles. The predicted molar refractivity (Wildman–Crippen MR) is 61.4 cm³/mol. The molecule has 0 unspecified atom stereocenters. The van der Waals surface area contributed by atoms with Gasteiger partial charge in [0.25, 0.3) is 0 Å². The van der Waals surface area contributed by atoms with Gasteiger partial charge in [-0.2, -0.15) is 0 Å². The quantitative estimate of drug-likeness (QED) is 0.523. The smallest absolute Gasteiger partial charge is 0.150 e. The first-order valence-corrected chi connectivity index (χ1v) is 4.75. The molecule has 0 saturated carbocycles. The standard InChI is InChI=1S/C13H14O2/c1-3-6-12-11(10-14)7-5-8-13(12)15-9-4-2/h3-5,7-8,10H,1-2,6,9H2. The van der Waals surface area contributed by atoms with Crippen LogP contribution in [-0.4, -0.2) is 12.9 Å². The van der Waals surface area contributed by atoms with Crippen LogP contribution < -0.4 is 4.74 Å². The highest BCUT2D eigenvalue weighted by molar-refractivity contribution is 5.78. The van der Waals surface area contributed by atoms with Gasteiger partial charge in [-0.15, -0.1) is 6.58 Å². The van der Waals surface area contributed by atoms with Crippen LogP contribution in [0.2, 0.25) is 0 Å². The van der Waals surface area contributed by atoms with Gasteiger partial charge in [0.15, 0.2) is 0 Å². The monoisotopic (exact) mass is 202 g/mol. The van der Waals surface area contributed by atoms with Crippen LogP contribution in [0.15, 0.2) is 43.5 Å². The van der Waals surface area contributed by atoms with Crippen molar-refractivity contribution in [2.45, 2.75) is 6.42 Å². The van der Waals surface area contributed by atoms with Gasteiger partial charge in [-0.3, -0.25) is 4.79 Å². The van der Waals surface area contributed by atoms with E-state index < -0.39 is 0 Å². The lowest BCUT2D eigenvalue weighted by atomic mass is 10.0. The summed E-state index contributed by atoms with van der Waals surface area (Å²) in [6.07, 6.45) is 4.88. The fourth-order valence-electron chi connectivity index (χ4n) is 1.34. The average Bonchev–Trinajstić information content (AvgIpc) is 2.28. The summed E-state index contributed by atoms with van der Waals surface area (Å²) < 4.78 is 5.46. The molecule has 1 rings (SSSR count). The Labute approximate surface area is 89.9 Å². The number of carbonyl (C=O) groups is 1. The second-order valence-corrected chi connectivity index (χ2v) is 3.03. The fraction of sp³-hybridized carbons (Fsp3) is 0.154. The minimum Gasteiger partial charge on any atom is -0.489 e. The van der Waals surface area contributed by atoms with Crippen LogP contribution in [0, 0.1) is 0 Å². The first-order valence-electron chi connectivity index (χ1n) is 4.75. The van der Waals surface area contributed by atoms with E-state index in [0.29, 0.717) is 18.6 Å². The van der Waals surface area contributed by atoms with E-state index in [1.54, 1.807) is 24.3 Å². The van der Waals surface area contributed by atoms with Crippen LogP contribution in [0.1, 0.15) is 15.9 Å². The molecule has 2 heteroatoms. The highest BCUT2D eigenvalue weighted by Gasteiger charge is 2.06. The highest BCUT2D eigenvalue weighted by atomic mass is 16.5. The molecule has 0 spiro atoms. The normalized spacial score (nSPS) is 9.33. The lowest BCUT2D eigenvalue weighted by molar-refractivity contribution is 0.112. The van der Waals surface area contributed by atoms with E-state index in [1.807, 2.05) is 6.07 Å². The largest absolute Gasteiger partial charge is 0.489 e. The number of carbonyl (C=O) groups excluding carboxylic acids is 1. The van der Waals surface area contributed by atoms with Crippen LogP contribution >= 0.6 is 0 Å². The Morgan fingerprint density at radius 1 is 1.27 bits per heavy atom. The molecule has 0 fully saturated rings. The molecule has 0 aromatic heterocycles. The van der Waals surface area contributed by atoms with Crippen molar-refractivity contribution >= 4 is 6.29 Å². The molecule has 0 aliphatic heterocycles. The molecule has 0 heterocycles. The zero-order valence-electron chi connectivity index (χ0n) is 8.61. The molecule has 15 heavy (non-hydrogen) atoms. The third-order valence-electron chi connectivity index (χ3n) is 2.00. The summed E-state index contributed by atoms with van der Waals surface area (Å²) >= 11 is 0. The maximum Gasteiger partial charge on any atom is 0.150 e. The molecular weight excluding hydrogens is 188 g/mol. The first kappa shape index (κ1) is 11.2. The van der Waals surface area contributed by atoms with E-state index in [4.69, 9.17) is 4.74 Å². The van der Waals surface area contributed by atoms with Crippen LogP contribution in [0.3, 0.4) is 0 Å². The number of ether oxygens (including phenoxy) is 1. The number of rotatable bonds is 6. The maximum absolute atomic E-state index is 10.8. The molecule has 0 amide bonds. The van der Waals surface area contributed by atoms with Gasteiger partial charge in [0, 0.05) is 11.1 Å². The minimum atomic E-state index is 0.437. The van der Waals surface area contributed by atoms with Gasteiger partial charge in [-0.1, -0.05) is 30.9 Å². The first-order chi connectivity index (χ1) is 7.33. The van der Waals surface area contributed by atoms with E-state index >= 15 is 0 Å². The SMILES string of the molecule is C=CCOc1cccc(C=O)c1CC=C. The summed E-state index contributed by atoms with van der Waals surface area (Å²) in [6.45, 7) is 7.68. The Kier molecular flexibility index (Phi) is 4.35. The summed E-state index contributed by atoms with van der Waals surface area (Å²) in [7, 11) is 0. The van der Waals surface area contributed by atoms with Crippen molar-refractivity contribution in [1.29, 1.82) is 0 Å². The summed E-state index contributed by atoms with van der Waals surface area (Å²) in [6, 6.07) is 5.41. The Morgan fingerprint density at radius 2 is 2.07 bits per heavy atom. The Hall–Kier alpha value is -1.83. The molecule has 2 nitrogen and oxygen atoms in total. The molecule has 0 saturated heterocycles. The van der Waals surface area contributed by atoms with Gasteiger partial charge < -0.3 is 4.74 Å². The predicted octanol–water partition coefficient (Wildman–Crippen LogP) is 2.79. The van der Waals surface area contributed by atoms with Crippen molar-refractivity contribution in [2.24, 2.45) is 0 Å². The lowest BCUT2D eigenvalue weighted by Gasteiger charge is -2.10. The topological polar surface area (TPSA) is 26.3 Å². The van der Waals surface area contributed by atoms with Gasteiger partial charge in [0.05, 0.1) is 0 Å². The minimum absolute atomic E-state index is 0.437. The second-order valence-electron chi connectivity index (χ2n) is 3.03. The Balaban J connectivity index is 3.05. The highest BCUT2D eigenvalue weighted by Crippen LogP contribution is 2.22. The van der Waals surface area contributed by atoms with Gasteiger partial charge in [0.1, 0.15) is 18.6 Å². The third kappa shape index (κ3) is 2.81. The molecule has 0 N–H and O–H groups in total. The summed E-state index contributed by atoms with van der Waals surface area (Å²) in [5.41, 5.74) is 1.53. The van der Waals surface area contributed by atoms with Crippen molar-refractivity contribution < 1.29 is 9.53 Å². The molecule has 0 atom stereocenters. The van der Waals surface area contributed by atoms with Crippen molar-refractivity contribution in [3.63, 3.8) is 0 Å². The molecule has 0 bridgehead atoms. The number of hydrogen-bond donors (Lipinski definition) is 0. The van der Waals surface area contributed by atoms with Crippen molar-refractivity contribution in [2.75, 3.05) is 6.61 Å². The van der Waals surface area contributed by atoms with Crippen LogP contribution in [-0.2, 0) is 6.42 Å². The van der Waals surface area contributed by atoms with Crippen molar-refractivity contribution in [1.82, 2.24) is 0 Å².